The van der Waals surface area contributed by atoms with Crippen molar-refractivity contribution in [2.45, 2.75) is 56.4 Å². The van der Waals surface area contributed by atoms with Crippen LogP contribution in [0.3, 0.4) is 0 Å². The first-order valence-electron chi connectivity index (χ1n) is 9.41. The van der Waals surface area contributed by atoms with Crippen LogP contribution in [0.25, 0.3) is 5.95 Å². The van der Waals surface area contributed by atoms with Gasteiger partial charge in [-0.05, 0) is 31.7 Å². The Kier molecular flexibility index (Phi) is 4.86. The summed E-state index contributed by atoms with van der Waals surface area (Å²) < 4.78 is 33.5. The molecule has 0 spiro atoms. The number of nitrogens with one attached hydrogen (secondary N) is 2. The summed E-state index contributed by atoms with van der Waals surface area (Å²) in [5.41, 5.74) is 0.977. The van der Waals surface area contributed by atoms with Crippen molar-refractivity contribution in [1.29, 1.82) is 0 Å². The number of hydrogen-bond donors (Lipinski definition) is 2. The zero-order chi connectivity index (χ0) is 19.7. The van der Waals surface area contributed by atoms with Crippen LogP contribution < -0.4 is 15.4 Å². The van der Waals surface area contributed by atoms with Gasteiger partial charge < -0.3 is 15.4 Å². The monoisotopic (exact) mass is 392 g/mol. The number of carbonyl (C=O) groups excluding carboxylic acids is 1. The van der Waals surface area contributed by atoms with E-state index in [0.29, 0.717) is 24.6 Å². The fourth-order valence-corrected chi connectivity index (χ4v) is 3.23. The zero-order valence-corrected chi connectivity index (χ0v) is 15.5. The van der Waals surface area contributed by atoms with Crippen molar-refractivity contribution < 1.29 is 18.3 Å². The molecular weight excluding hydrogens is 370 g/mol. The maximum absolute atomic E-state index is 13.4. The van der Waals surface area contributed by atoms with E-state index in [9.17, 15) is 13.6 Å². The Bertz CT molecular complexity index is 858. The van der Waals surface area contributed by atoms with Gasteiger partial charge in [-0.1, -0.05) is 0 Å². The summed E-state index contributed by atoms with van der Waals surface area (Å²) in [6.45, 7) is 0. The van der Waals surface area contributed by atoms with E-state index >= 15 is 0 Å². The molecule has 2 fully saturated rings. The molecule has 0 atom stereocenters. The van der Waals surface area contributed by atoms with Crippen LogP contribution >= 0.6 is 0 Å². The second-order valence-corrected chi connectivity index (χ2v) is 7.26. The molecule has 2 heterocycles. The third kappa shape index (κ3) is 4.37. The van der Waals surface area contributed by atoms with E-state index < -0.39 is 12.0 Å². The number of ether oxygens (including phenoxy) is 1. The van der Waals surface area contributed by atoms with Gasteiger partial charge in [0.05, 0.1) is 5.69 Å². The number of carbonyl (C=O) groups is 1. The molecule has 4 rings (SSSR count). The lowest BCUT2D eigenvalue weighted by Gasteiger charge is -2.29. The van der Waals surface area contributed by atoms with Gasteiger partial charge >= 0.3 is 6.09 Å². The average Bonchev–Trinajstić information content (AvgIpc) is 3.40. The predicted octanol–water partition coefficient (Wildman–Crippen LogP) is 3.25. The second kappa shape index (κ2) is 7.33. The first-order chi connectivity index (χ1) is 13.4. The molecule has 150 valence electrons. The standard InChI is InChI=1S/C18H22F2N6O2/c1-21-17(27)28-15-10-14(22-12-4-7-18(19,20)8-5-12)23-16(24-15)26-9-6-13(25-26)11-2-3-11/h6,9-12H,2-5,7-8H2,1H3,(H,21,27)(H,22,23,24). The number of aromatic nitrogens is 4. The summed E-state index contributed by atoms with van der Waals surface area (Å²) in [6.07, 6.45) is 3.71. The van der Waals surface area contributed by atoms with E-state index in [4.69, 9.17) is 4.74 Å². The van der Waals surface area contributed by atoms with Gasteiger partial charge in [0.2, 0.25) is 11.8 Å². The lowest BCUT2D eigenvalue weighted by molar-refractivity contribution is -0.0361. The van der Waals surface area contributed by atoms with Crippen molar-refractivity contribution in [3.8, 4) is 11.8 Å². The molecule has 1 amide bonds. The lowest BCUT2D eigenvalue weighted by atomic mass is 9.92. The molecule has 0 unspecified atom stereocenters. The summed E-state index contributed by atoms with van der Waals surface area (Å²) >= 11 is 0. The highest BCUT2D eigenvalue weighted by Crippen LogP contribution is 2.39. The van der Waals surface area contributed by atoms with Crippen molar-refractivity contribution in [3.05, 3.63) is 24.0 Å². The Hall–Kier alpha value is -2.78. The molecular formula is C18H22F2N6O2. The maximum atomic E-state index is 13.4. The van der Waals surface area contributed by atoms with Crippen LogP contribution in [0.15, 0.2) is 18.3 Å². The van der Waals surface area contributed by atoms with Crippen molar-refractivity contribution in [2.24, 2.45) is 0 Å². The van der Waals surface area contributed by atoms with Crippen LogP contribution in [0.4, 0.5) is 19.4 Å². The topological polar surface area (TPSA) is 94.0 Å². The smallest absolute Gasteiger partial charge is 0.391 e. The number of rotatable bonds is 5. The summed E-state index contributed by atoms with van der Waals surface area (Å²) in [5.74, 6) is -1.42. The second-order valence-electron chi connectivity index (χ2n) is 7.26. The summed E-state index contributed by atoms with van der Waals surface area (Å²) in [5, 5.41) is 10.0. The number of nitrogens with zero attached hydrogens (tertiary/aromatic N) is 4. The molecule has 0 saturated heterocycles. The summed E-state index contributed by atoms with van der Waals surface area (Å²) in [6, 6.07) is 3.27. The summed E-state index contributed by atoms with van der Waals surface area (Å²) in [4.78, 5) is 20.3. The minimum atomic E-state index is -2.60. The number of alkyl halides is 2. The minimum Gasteiger partial charge on any atom is -0.391 e. The number of anilines is 1. The fourth-order valence-electron chi connectivity index (χ4n) is 3.23. The molecule has 8 nitrogen and oxygen atoms in total. The van der Waals surface area contributed by atoms with Gasteiger partial charge in [0.15, 0.2) is 0 Å². The van der Waals surface area contributed by atoms with Gasteiger partial charge in [0, 0.05) is 44.1 Å². The molecule has 2 aliphatic rings. The highest BCUT2D eigenvalue weighted by atomic mass is 19.3. The Morgan fingerprint density at radius 1 is 1.25 bits per heavy atom. The van der Waals surface area contributed by atoms with Crippen molar-refractivity contribution in [3.63, 3.8) is 0 Å². The molecule has 2 aromatic rings. The minimum absolute atomic E-state index is 0.0523. The predicted molar refractivity (Wildman–Crippen MR) is 97.0 cm³/mol. The molecule has 2 aromatic heterocycles. The Labute approximate surface area is 160 Å². The van der Waals surface area contributed by atoms with Crippen molar-refractivity contribution in [2.75, 3.05) is 12.4 Å². The van der Waals surface area contributed by atoms with E-state index in [0.717, 1.165) is 18.5 Å². The summed E-state index contributed by atoms with van der Waals surface area (Å²) in [7, 11) is 1.45. The van der Waals surface area contributed by atoms with Gasteiger partial charge in [-0.25, -0.2) is 18.3 Å². The Morgan fingerprint density at radius 3 is 2.68 bits per heavy atom. The SMILES string of the molecule is CNC(=O)Oc1cc(NC2CCC(F)(F)CC2)nc(-n2ccc(C3CC3)n2)n1. The third-order valence-corrected chi connectivity index (χ3v) is 4.97. The maximum Gasteiger partial charge on any atom is 0.413 e. The van der Waals surface area contributed by atoms with Crippen LogP contribution in [0, 0.1) is 0 Å². The molecule has 0 bridgehead atoms. The fraction of sp³-hybridized carbons (Fsp3) is 0.556. The average molecular weight is 392 g/mol. The van der Waals surface area contributed by atoms with E-state index in [2.05, 4.69) is 25.7 Å². The van der Waals surface area contributed by atoms with Gasteiger partial charge in [-0.3, -0.25) is 0 Å². The molecule has 0 aromatic carbocycles. The number of halogens is 2. The van der Waals surface area contributed by atoms with Gasteiger partial charge in [-0.2, -0.15) is 15.1 Å². The van der Waals surface area contributed by atoms with Crippen molar-refractivity contribution in [1.82, 2.24) is 25.1 Å². The molecule has 10 heteroatoms. The lowest BCUT2D eigenvalue weighted by Crippen LogP contribution is -2.32. The van der Waals surface area contributed by atoms with E-state index in [1.54, 1.807) is 6.20 Å². The molecule has 0 aliphatic heterocycles. The van der Waals surface area contributed by atoms with Crippen LogP contribution in [0.2, 0.25) is 0 Å². The van der Waals surface area contributed by atoms with E-state index in [-0.39, 0.29) is 30.7 Å². The van der Waals surface area contributed by atoms with Crippen molar-refractivity contribution >= 4 is 11.9 Å². The van der Waals surface area contributed by atoms with Crippen LogP contribution in [-0.4, -0.2) is 44.9 Å². The van der Waals surface area contributed by atoms with Crippen LogP contribution in [-0.2, 0) is 0 Å². The highest BCUT2D eigenvalue weighted by Gasteiger charge is 2.35. The first kappa shape index (κ1) is 18.6. The zero-order valence-electron chi connectivity index (χ0n) is 15.5. The van der Waals surface area contributed by atoms with Gasteiger partial charge in [0.1, 0.15) is 5.82 Å². The van der Waals surface area contributed by atoms with E-state index in [1.807, 2.05) is 6.07 Å². The largest absolute Gasteiger partial charge is 0.413 e. The molecule has 2 aliphatic carbocycles. The van der Waals surface area contributed by atoms with Gasteiger partial charge in [-0.15, -0.1) is 0 Å². The molecule has 2 saturated carbocycles. The van der Waals surface area contributed by atoms with E-state index in [1.165, 1.54) is 17.8 Å². The quantitative estimate of drug-likeness (QED) is 0.811. The number of amides is 1. The Morgan fingerprint density at radius 2 is 2.00 bits per heavy atom. The van der Waals surface area contributed by atoms with Crippen LogP contribution in [0.5, 0.6) is 5.88 Å². The molecule has 28 heavy (non-hydrogen) atoms. The highest BCUT2D eigenvalue weighted by molar-refractivity contribution is 5.69. The molecule has 0 radical (unpaired) electrons. The number of hydrogen-bond acceptors (Lipinski definition) is 6. The third-order valence-electron chi connectivity index (χ3n) is 4.97. The Balaban J connectivity index is 1.57. The molecule has 2 N–H and O–H groups in total. The normalized spacial score (nSPS) is 19.2. The van der Waals surface area contributed by atoms with Gasteiger partial charge in [0.25, 0.3) is 5.95 Å². The first-order valence-corrected chi connectivity index (χ1v) is 9.41. The van der Waals surface area contributed by atoms with Crippen LogP contribution in [0.1, 0.15) is 50.1 Å².